The molecule has 0 aromatic rings. The van der Waals surface area contributed by atoms with Crippen molar-refractivity contribution >= 4 is 8.80 Å². The van der Waals surface area contributed by atoms with Gasteiger partial charge in [-0.25, -0.2) is 0 Å². The third-order valence-electron chi connectivity index (χ3n) is 2.30. The number of ether oxygens (including phenoxy) is 2. The SMILES string of the molecule is CCO[Si](CCOC(C)COC)(OCC)OCC. The molecule has 0 amide bonds. The molecule has 0 heterocycles. The van der Waals surface area contributed by atoms with Gasteiger partial charge in [-0.05, 0) is 27.7 Å². The lowest BCUT2D eigenvalue weighted by Crippen LogP contribution is -2.47. The Morgan fingerprint density at radius 2 is 1.44 bits per heavy atom. The molecule has 1 unspecified atom stereocenters. The molecule has 0 rings (SSSR count). The molecule has 0 aromatic carbocycles. The molecule has 0 aromatic heterocycles. The van der Waals surface area contributed by atoms with Gasteiger partial charge in [-0.1, -0.05) is 0 Å². The first kappa shape index (κ1) is 18.0. The van der Waals surface area contributed by atoms with Crippen molar-refractivity contribution in [1.29, 1.82) is 0 Å². The minimum Gasteiger partial charge on any atom is -0.382 e. The van der Waals surface area contributed by atoms with Crippen LogP contribution in [-0.4, -0.2) is 55.1 Å². The third-order valence-corrected chi connectivity index (χ3v) is 5.31. The Morgan fingerprint density at radius 1 is 0.944 bits per heavy atom. The van der Waals surface area contributed by atoms with E-state index in [2.05, 4.69) is 0 Å². The highest BCUT2D eigenvalue weighted by Crippen LogP contribution is 2.16. The molecule has 18 heavy (non-hydrogen) atoms. The minimum atomic E-state index is -2.55. The monoisotopic (exact) mass is 280 g/mol. The van der Waals surface area contributed by atoms with Crippen LogP contribution in [0.15, 0.2) is 0 Å². The van der Waals surface area contributed by atoms with E-state index in [1.807, 2.05) is 27.7 Å². The molecule has 1 atom stereocenters. The lowest BCUT2D eigenvalue weighted by atomic mass is 10.4. The summed E-state index contributed by atoms with van der Waals surface area (Å²) >= 11 is 0. The Bertz CT molecular complexity index is 174. The summed E-state index contributed by atoms with van der Waals surface area (Å²) in [7, 11) is -0.885. The van der Waals surface area contributed by atoms with E-state index < -0.39 is 8.80 Å². The molecule has 6 heteroatoms. The Kier molecular flexibility index (Phi) is 10.9. The smallest absolute Gasteiger partial charge is 0.382 e. The van der Waals surface area contributed by atoms with E-state index in [0.29, 0.717) is 39.1 Å². The molecule has 0 radical (unpaired) electrons. The van der Waals surface area contributed by atoms with Crippen molar-refractivity contribution in [2.75, 3.05) is 40.1 Å². The Hall–Kier alpha value is 0.0169. The molecule has 0 N–H and O–H groups in total. The summed E-state index contributed by atoms with van der Waals surface area (Å²) in [6.45, 7) is 10.8. The lowest BCUT2D eigenvalue weighted by molar-refractivity contribution is 0.00435. The number of rotatable bonds is 12. The van der Waals surface area contributed by atoms with Crippen molar-refractivity contribution in [3.8, 4) is 0 Å². The minimum absolute atomic E-state index is 0.0755. The van der Waals surface area contributed by atoms with Gasteiger partial charge in [0, 0.05) is 33.0 Å². The van der Waals surface area contributed by atoms with Crippen molar-refractivity contribution in [1.82, 2.24) is 0 Å². The van der Waals surface area contributed by atoms with Gasteiger partial charge in [0.15, 0.2) is 0 Å². The molecule has 0 aliphatic heterocycles. The van der Waals surface area contributed by atoms with Gasteiger partial charge in [-0.15, -0.1) is 0 Å². The van der Waals surface area contributed by atoms with Crippen LogP contribution in [0.5, 0.6) is 0 Å². The van der Waals surface area contributed by atoms with E-state index in [0.717, 1.165) is 0 Å². The Balaban J connectivity index is 4.20. The number of hydrogen-bond acceptors (Lipinski definition) is 5. The first-order valence-electron chi connectivity index (χ1n) is 6.66. The van der Waals surface area contributed by atoms with Crippen LogP contribution < -0.4 is 0 Å². The van der Waals surface area contributed by atoms with Crippen LogP contribution in [0, 0.1) is 0 Å². The standard InChI is InChI=1S/C12H28O5Si/c1-6-15-18(16-7-2,17-8-3)10-9-14-12(4)11-13-5/h12H,6-11H2,1-5H3. The van der Waals surface area contributed by atoms with Crippen LogP contribution in [0.1, 0.15) is 27.7 Å². The zero-order valence-electron chi connectivity index (χ0n) is 12.4. The Labute approximate surface area is 112 Å². The van der Waals surface area contributed by atoms with Crippen LogP contribution in [0.3, 0.4) is 0 Å². The summed E-state index contributed by atoms with van der Waals surface area (Å²) in [6, 6.07) is 0.677. The second kappa shape index (κ2) is 10.9. The fourth-order valence-electron chi connectivity index (χ4n) is 1.67. The van der Waals surface area contributed by atoms with Crippen molar-refractivity contribution in [3.05, 3.63) is 0 Å². The Morgan fingerprint density at radius 3 is 1.83 bits per heavy atom. The van der Waals surface area contributed by atoms with Gasteiger partial charge in [0.2, 0.25) is 0 Å². The van der Waals surface area contributed by atoms with Gasteiger partial charge in [-0.2, -0.15) is 0 Å². The quantitative estimate of drug-likeness (QED) is 0.512. The summed E-state index contributed by atoms with van der Waals surface area (Å²) in [6.07, 6.45) is 0.0755. The first-order valence-corrected chi connectivity index (χ1v) is 8.59. The maximum atomic E-state index is 5.74. The summed E-state index contributed by atoms with van der Waals surface area (Å²) < 4.78 is 27.9. The largest absolute Gasteiger partial charge is 0.503 e. The normalized spacial score (nSPS) is 13.8. The summed E-state index contributed by atoms with van der Waals surface area (Å²) in [5.41, 5.74) is 0. The molecule has 0 fully saturated rings. The molecule has 0 aliphatic carbocycles. The molecule has 0 bridgehead atoms. The molecule has 0 aliphatic rings. The fourth-order valence-corrected chi connectivity index (χ4v) is 4.04. The molecule has 0 spiro atoms. The predicted octanol–water partition coefficient (Wildman–Crippen LogP) is 2.09. The van der Waals surface area contributed by atoms with Crippen molar-refractivity contribution < 1.29 is 22.8 Å². The average molecular weight is 280 g/mol. The molecular formula is C12H28O5Si. The van der Waals surface area contributed by atoms with E-state index in [9.17, 15) is 0 Å². The maximum Gasteiger partial charge on any atom is 0.503 e. The van der Waals surface area contributed by atoms with E-state index in [-0.39, 0.29) is 6.10 Å². The maximum absolute atomic E-state index is 5.74. The second-order valence-electron chi connectivity index (χ2n) is 3.87. The lowest BCUT2D eigenvalue weighted by Gasteiger charge is -2.28. The zero-order valence-corrected chi connectivity index (χ0v) is 13.4. The summed E-state index contributed by atoms with van der Waals surface area (Å²) in [5.74, 6) is 0. The number of hydrogen-bond donors (Lipinski definition) is 0. The van der Waals surface area contributed by atoms with Crippen LogP contribution >= 0.6 is 0 Å². The van der Waals surface area contributed by atoms with E-state index in [1.165, 1.54) is 0 Å². The van der Waals surface area contributed by atoms with Crippen LogP contribution in [0.25, 0.3) is 0 Å². The van der Waals surface area contributed by atoms with Crippen LogP contribution in [0.4, 0.5) is 0 Å². The fraction of sp³-hybridized carbons (Fsp3) is 1.00. The van der Waals surface area contributed by atoms with E-state index in [4.69, 9.17) is 22.8 Å². The first-order chi connectivity index (χ1) is 8.64. The highest BCUT2D eigenvalue weighted by Gasteiger charge is 2.40. The molecule has 5 nitrogen and oxygen atoms in total. The van der Waals surface area contributed by atoms with Crippen molar-refractivity contribution in [2.45, 2.75) is 39.8 Å². The summed E-state index contributed by atoms with van der Waals surface area (Å²) in [4.78, 5) is 0. The van der Waals surface area contributed by atoms with Gasteiger partial charge in [0.05, 0.1) is 19.3 Å². The highest BCUT2D eigenvalue weighted by molar-refractivity contribution is 6.60. The molecule has 0 saturated heterocycles. The van der Waals surface area contributed by atoms with Gasteiger partial charge in [0.25, 0.3) is 0 Å². The van der Waals surface area contributed by atoms with Crippen molar-refractivity contribution in [3.63, 3.8) is 0 Å². The summed E-state index contributed by atoms with van der Waals surface area (Å²) in [5, 5.41) is 0. The molecule has 110 valence electrons. The van der Waals surface area contributed by atoms with Gasteiger partial charge in [-0.3, -0.25) is 0 Å². The highest BCUT2D eigenvalue weighted by atomic mass is 28.4. The second-order valence-corrected chi connectivity index (χ2v) is 6.60. The number of methoxy groups -OCH3 is 1. The van der Waals surface area contributed by atoms with Gasteiger partial charge >= 0.3 is 8.80 Å². The molecular weight excluding hydrogens is 252 g/mol. The van der Waals surface area contributed by atoms with E-state index >= 15 is 0 Å². The average Bonchev–Trinajstić information content (AvgIpc) is 2.30. The van der Waals surface area contributed by atoms with E-state index in [1.54, 1.807) is 7.11 Å². The zero-order chi connectivity index (χ0) is 13.9. The van der Waals surface area contributed by atoms with Crippen molar-refractivity contribution in [2.24, 2.45) is 0 Å². The predicted molar refractivity (Wildman–Crippen MR) is 72.7 cm³/mol. The molecule has 0 saturated carbocycles. The van der Waals surface area contributed by atoms with Gasteiger partial charge in [0.1, 0.15) is 0 Å². The van der Waals surface area contributed by atoms with Crippen LogP contribution in [0.2, 0.25) is 6.04 Å². The van der Waals surface area contributed by atoms with Gasteiger partial charge < -0.3 is 22.8 Å². The van der Waals surface area contributed by atoms with Crippen LogP contribution in [-0.2, 0) is 22.8 Å². The third kappa shape index (κ3) is 7.45. The topological polar surface area (TPSA) is 46.2 Å².